The summed E-state index contributed by atoms with van der Waals surface area (Å²) in [4.78, 5) is 0. The molecule has 0 radical (unpaired) electrons. The van der Waals surface area contributed by atoms with Gasteiger partial charge in [0, 0.05) is 17.5 Å². The predicted octanol–water partition coefficient (Wildman–Crippen LogP) is 4.25. The van der Waals surface area contributed by atoms with Gasteiger partial charge >= 0.3 is 0 Å². The fourth-order valence-electron chi connectivity index (χ4n) is 1.60. The lowest BCUT2D eigenvalue weighted by atomic mass is 10.0. The van der Waals surface area contributed by atoms with Gasteiger partial charge in [-0.25, -0.2) is 8.78 Å². The van der Waals surface area contributed by atoms with Crippen LogP contribution in [0.3, 0.4) is 0 Å². The zero-order valence-electron chi connectivity index (χ0n) is 8.96. The molecule has 1 aromatic heterocycles. The van der Waals surface area contributed by atoms with Gasteiger partial charge in [0.2, 0.25) is 0 Å². The fourth-order valence-corrected chi connectivity index (χ4v) is 2.21. The third-order valence-electron chi connectivity index (χ3n) is 2.54. The molecule has 1 unspecified atom stereocenters. The number of furan rings is 1. The van der Waals surface area contributed by atoms with Crippen LogP contribution in [0, 0.1) is 11.6 Å². The summed E-state index contributed by atoms with van der Waals surface area (Å²) in [7, 11) is 0. The molecule has 0 amide bonds. The first-order valence-electron chi connectivity index (χ1n) is 5.04. The van der Waals surface area contributed by atoms with Crippen molar-refractivity contribution in [3.8, 4) is 0 Å². The van der Waals surface area contributed by atoms with Gasteiger partial charge in [-0.3, -0.25) is 0 Å². The second-order valence-corrected chi connectivity index (χ2v) is 4.89. The highest BCUT2D eigenvalue weighted by atomic mass is 79.9. The topological polar surface area (TPSA) is 33.4 Å². The van der Waals surface area contributed by atoms with E-state index >= 15 is 0 Å². The van der Waals surface area contributed by atoms with Gasteiger partial charge in [0.15, 0.2) is 5.22 Å². The second kappa shape index (κ2) is 5.38. The van der Waals surface area contributed by atoms with E-state index in [9.17, 15) is 13.9 Å². The number of aliphatic hydroxyl groups is 1. The zero-order valence-corrected chi connectivity index (χ0v) is 11.3. The Hall–Kier alpha value is -0.910. The van der Waals surface area contributed by atoms with Crippen LogP contribution in [-0.4, -0.2) is 5.11 Å². The van der Waals surface area contributed by atoms with E-state index in [0.717, 1.165) is 6.07 Å². The Labute approximate surface area is 115 Å². The molecular weight excluding hydrogens is 329 g/mol. The molecule has 18 heavy (non-hydrogen) atoms. The van der Waals surface area contributed by atoms with E-state index in [1.807, 2.05) is 0 Å². The average Bonchev–Trinajstić information content (AvgIpc) is 2.76. The molecule has 0 aliphatic rings. The molecule has 0 saturated carbocycles. The molecule has 0 fully saturated rings. The van der Waals surface area contributed by atoms with Crippen molar-refractivity contribution >= 4 is 27.5 Å². The smallest absolute Gasteiger partial charge is 0.198 e. The summed E-state index contributed by atoms with van der Waals surface area (Å²) in [5.41, 5.74) is 0.101. The molecule has 6 heteroatoms. The van der Waals surface area contributed by atoms with Crippen molar-refractivity contribution < 1.29 is 18.3 Å². The number of hydrogen-bond acceptors (Lipinski definition) is 2. The van der Waals surface area contributed by atoms with Crippen LogP contribution in [-0.2, 0) is 6.42 Å². The SMILES string of the molecule is OC(Cc1c(F)ccc(Br)c1F)c1ccoc1Cl. The average molecular weight is 338 g/mol. The highest BCUT2D eigenvalue weighted by Crippen LogP contribution is 2.30. The molecule has 0 bridgehead atoms. The Kier molecular flexibility index (Phi) is 4.04. The Balaban J connectivity index is 2.30. The molecule has 0 aliphatic carbocycles. The molecule has 1 heterocycles. The number of hydrogen-bond donors (Lipinski definition) is 1. The number of halogens is 4. The van der Waals surface area contributed by atoms with Crippen LogP contribution in [0.1, 0.15) is 17.2 Å². The Bertz CT molecular complexity index is 571. The van der Waals surface area contributed by atoms with Crippen molar-refractivity contribution in [2.24, 2.45) is 0 Å². The molecule has 2 aromatic rings. The fraction of sp³-hybridized carbons (Fsp3) is 0.167. The molecule has 2 nitrogen and oxygen atoms in total. The molecular formula is C12H8BrClF2O2. The van der Waals surface area contributed by atoms with Crippen LogP contribution >= 0.6 is 27.5 Å². The van der Waals surface area contributed by atoms with Crippen LogP contribution < -0.4 is 0 Å². The van der Waals surface area contributed by atoms with Crippen molar-refractivity contribution in [3.05, 3.63) is 56.9 Å². The molecule has 1 N–H and O–H groups in total. The van der Waals surface area contributed by atoms with Gasteiger partial charge in [-0.1, -0.05) is 0 Å². The summed E-state index contributed by atoms with van der Waals surface area (Å²) in [5.74, 6) is -1.44. The largest absolute Gasteiger partial charge is 0.453 e. The quantitative estimate of drug-likeness (QED) is 0.850. The number of aliphatic hydroxyl groups excluding tert-OH is 1. The van der Waals surface area contributed by atoms with E-state index in [2.05, 4.69) is 15.9 Å². The Morgan fingerprint density at radius 3 is 2.67 bits per heavy atom. The molecule has 1 aromatic carbocycles. The molecule has 0 spiro atoms. The van der Waals surface area contributed by atoms with Crippen molar-refractivity contribution in [2.75, 3.05) is 0 Å². The Morgan fingerprint density at radius 2 is 2.06 bits per heavy atom. The van der Waals surface area contributed by atoms with Crippen LogP contribution in [0.5, 0.6) is 0 Å². The third kappa shape index (κ3) is 2.58. The van der Waals surface area contributed by atoms with E-state index in [-0.39, 0.29) is 21.7 Å². The van der Waals surface area contributed by atoms with Crippen LogP contribution in [0.4, 0.5) is 8.78 Å². The van der Waals surface area contributed by atoms with Crippen LogP contribution in [0.15, 0.2) is 33.4 Å². The first-order chi connectivity index (χ1) is 8.50. The van der Waals surface area contributed by atoms with Crippen LogP contribution in [0.25, 0.3) is 0 Å². The van der Waals surface area contributed by atoms with Gasteiger partial charge in [-0.2, -0.15) is 0 Å². The molecule has 1 atom stereocenters. The lowest BCUT2D eigenvalue weighted by Crippen LogP contribution is -2.06. The first-order valence-corrected chi connectivity index (χ1v) is 6.21. The lowest BCUT2D eigenvalue weighted by molar-refractivity contribution is 0.175. The summed E-state index contributed by atoms with van der Waals surface area (Å²) in [6.45, 7) is 0. The lowest BCUT2D eigenvalue weighted by Gasteiger charge is -2.11. The summed E-state index contributed by atoms with van der Waals surface area (Å²) in [6, 6.07) is 3.86. The number of benzene rings is 1. The summed E-state index contributed by atoms with van der Waals surface area (Å²) < 4.78 is 32.2. The monoisotopic (exact) mass is 336 g/mol. The van der Waals surface area contributed by atoms with Gasteiger partial charge in [-0.05, 0) is 45.7 Å². The van der Waals surface area contributed by atoms with Crippen molar-refractivity contribution in [2.45, 2.75) is 12.5 Å². The van der Waals surface area contributed by atoms with Gasteiger partial charge < -0.3 is 9.52 Å². The van der Waals surface area contributed by atoms with Crippen molar-refractivity contribution in [3.63, 3.8) is 0 Å². The second-order valence-electron chi connectivity index (χ2n) is 3.69. The zero-order chi connectivity index (χ0) is 13.3. The van der Waals surface area contributed by atoms with E-state index < -0.39 is 17.7 Å². The maximum atomic E-state index is 13.7. The van der Waals surface area contributed by atoms with Gasteiger partial charge in [0.05, 0.1) is 16.8 Å². The Morgan fingerprint density at radius 1 is 1.33 bits per heavy atom. The van der Waals surface area contributed by atoms with Crippen LogP contribution in [0.2, 0.25) is 5.22 Å². The van der Waals surface area contributed by atoms with Gasteiger partial charge in [0.1, 0.15) is 11.6 Å². The third-order valence-corrected chi connectivity index (χ3v) is 3.46. The molecule has 0 aliphatic heterocycles. The normalized spacial score (nSPS) is 12.7. The maximum Gasteiger partial charge on any atom is 0.198 e. The van der Waals surface area contributed by atoms with Crippen molar-refractivity contribution in [1.29, 1.82) is 0 Å². The molecule has 2 rings (SSSR count). The highest BCUT2D eigenvalue weighted by molar-refractivity contribution is 9.10. The van der Waals surface area contributed by atoms with Gasteiger partial charge in [-0.15, -0.1) is 0 Å². The highest BCUT2D eigenvalue weighted by Gasteiger charge is 2.20. The molecule has 0 saturated heterocycles. The maximum absolute atomic E-state index is 13.7. The number of rotatable bonds is 3. The van der Waals surface area contributed by atoms with Gasteiger partial charge in [0.25, 0.3) is 0 Å². The van der Waals surface area contributed by atoms with Crippen molar-refractivity contribution in [1.82, 2.24) is 0 Å². The predicted molar refractivity (Wildman–Crippen MR) is 66.4 cm³/mol. The first kappa shape index (κ1) is 13.5. The van der Waals surface area contributed by atoms with E-state index in [4.69, 9.17) is 16.0 Å². The minimum absolute atomic E-state index is 0.0123. The minimum atomic E-state index is -1.13. The summed E-state index contributed by atoms with van der Waals surface area (Å²) >= 11 is 8.65. The van der Waals surface area contributed by atoms with E-state index in [1.54, 1.807) is 0 Å². The summed E-state index contributed by atoms with van der Waals surface area (Å²) in [6.07, 6.45) is -0.0558. The minimum Gasteiger partial charge on any atom is -0.453 e. The van der Waals surface area contributed by atoms with E-state index in [0.29, 0.717) is 5.56 Å². The molecule has 96 valence electrons. The summed E-state index contributed by atoms with van der Waals surface area (Å²) in [5, 5.41) is 9.90. The van der Waals surface area contributed by atoms with E-state index in [1.165, 1.54) is 18.4 Å². The standard InChI is InChI=1S/C12H8BrClF2O2/c13-8-1-2-9(15)7(11(8)16)5-10(17)6-3-4-18-12(6)14/h1-4,10,17H,5H2.